The van der Waals surface area contributed by atoms with Crippen LogP contribution in [0.2, 0.25) is 0 Å². The molecule has 0 aliphatic carbocycles. The second-order valence-electron chi connectivity index (χ2n) is 4.43. The van der Waals surface area contributed by atoms with Crippen LogP contribution in [0.3, 0.4) is 0 Å². The molecule has 0 radical (unpaired) electrons. The van der Waals surface area contributed by atoms with E-state index in [2.05, 4.69) is 0 Å². The average molecular weight is 422 g/mol. The summed E-state index contributed by atoms with van der Waals surface area (Å²) in [5.41, 5.74) is -0.0546. The van der Waals surface area contributed by atoms with E-state index in [1.54, 1.807) is 13.8 Å². The molecule has 6 nitrogen and oxygen atoms in total. The molecular formula is C13H15IN2O4S. The molecule has 114 valence electrons. The van der Waals surface area contributed by atoms with Crippen LogP contribution in [0.5, 0.6) is 0 Å². The summed E-state index contributed by atoms with van der Waals surface area (Å²) in [4.78, 5) is 11.0. The molecule has 1 aromatic carbocycles. The molecule has 0 bridgehead atoms. The van der Waals surface area contributed by atoms with Gasteiger partial charge in [-0.3, -0.25) is 0 Å². The van der Waals surface area contributed by atoms with Crippen LogP contribution in [-0.2, 0) is 10.0 Å². The molecule has 1 aromatic rings. The largest absolute Gasteiger partial charge is 0.478 e. The van der Waals surface area contributed by atoms with Gasteiger partial charge in [-0.25, -0.2) is 13.2 Å². The summed E-state index contributed by atoms with van der Waals surface area (Å²) in [5.74, 6) is -1.62. The smallest absolute Gasteiger partial charge is 0.336 e. The van der Waals surface area contributed by atoms with Crippen molar-refractivity contribution in [3.8, 4) is 6.07 Å². The van der Waals surface area contributed by atoms with Crippen LogP contribution in [0, 0.1) is 20.8 Å². The van der Waals surface area contributed by atoms with Crippen molar-refractivity contribution in [1.82, 2.24) is 4.31 Å². The van der Waals surface area contributed by atoms with Gasteiger partial charge in [-0.1, -0.05) is 6.92 Å². The predicted molar refractivity (Wildman–Crippen MR) is 85.3 cm³/mol. The Morgan fingerprint density at radius 2 is 2.14 bits per heavy atom. The summed E-state index contributed by atoms with van der Waals surface area (Å²) in [6, 6.07) is 5.98. The normalized spacial score (nSPS) is 12.9. The van der Waals surface area contributed by atoms with Crippen molar-refractivity contribution in [3.63, 3.8) is 0 Å². The molecule has 1 unspecified atom stereocenters. The van der Waals surface area contributed by atoms with Crippen molar-refractivity contribution in [2.45, 2.75) is 18.7 Å². The number of carboxylic acids is 1. The number of nitriles is 1. The summed E-state index contributed by atoms with van der Waals surface area (Å²) in [7, 11) is -3.81. The van der Waals surface area contributed by atoms with Gasteiger partial charge in [0.05, 0.1) is 22.4 Å². The van der Waals surface area contributed by atoms with Crippen molar-refractivity contribution in [2.75, 3.05) is 13.1 Å². The van der Waals surface area contributed by atoms with Crippen LogP contribution >= 0.6 is 22.6 Å². The molecule has 0 heterocycles. The molecule has 0 saturated heterocycles. The molecule has 1 rings (SSSR count). The fraction of sp³-hybridized carbons (Fsp3) is 0.385. The molecule has 0 aromatic heterocycles. The Kier molecular flexibility index (Phi) is 6.12. The first-order chi connectivity index (χ1) is 9.73. The molecule has 0 spiro atoms. The maximum Gasteiger partial charge on any atom is 0.336 e. The molecule has 0 fully saturated rings. The minimum atomic E-state index is -3.81. The summed E-state index contributed by atoms with van der Waals surface area (Å²) in [6.45, 7) is 3.59. The van der Waals surface area contributed by atoms with E-state index in [4.69, 9.17) is 10.4 Å². The monoisotopic (exact) mass is 422 g/mol. The zero-order valence-corrected chi connectivity index (χ0v) is 14.6. The van der Waals surface area contributed by atoms with E-state index < -0.39 is 21.9 Å². The number of benzene rings is 1. The Morgan fingerprint density at radius 1 is 1.52 bits per heavy atom. The Labute approximate surface area is 137 Å². The minimum absolute atomic E-state index is 0.0546. The van der Waals surface area contributed by atoms with Crippen LogP contribution < -0.4 is 0 Å². The third-order valence-corrected chi connectivity index (χ3v) is 5.73. The van der Waals surface area contributed by atoms with Gasteiger partial charge in [0.25, 0.3) is 0 Å². The molecule has 0 aliphatic rings. The number of aromatic carboxylic acids is 1. The highest BCUT2D eigenvalue weighted by Gasteiger charge is 2.26. The molecule has 0 amide bonds. The highest BCUT2D eigenvalue weighted by Crippen LogP contribution is 2.21. The van der Waals surface area contributed by atoms with Gasteiger partial charge in [-0.2, -0.15) is 9.57 Å². The van der Waals surface area contributed by atoms with Gasteiger partial charge in [0.2, 0.25) is 10.0 Å². The van der Waals surface area contributed by atoms with E-state index in [0.717, 1.165) is 6.07 Å². The van der Waals surface area contributed by atoms with E-state index >= 15 is 0 Å². The van der Waals surface area contributed by atoms with Crippen molar-refractivity contribution in [2.24, 2.45) is 5.92 Å². The first-order valence-electron chi connectivity index (χ1n) is 6.16. The SMILES string of the molecule is CCN(CC(C)C#N)S(=O)(=O)c1ccc(I)c(C(=O)O)c1. The first-order valence-corrected chi connectivity index (χ1v) is 8.68. The van der Waals surface area contributed by atoms with Gasteiger partial charge in [-0.15, -0.1) is 0 Å². The molecule has 21 heavy (non-hydrogen) atoms. The molecule has 1 atom stereocenters. The van der Waals surface area contributed by atoms with E-state index in [1.807, 2.05) is 28.7 Å². The maximum atomic E-state index is 12.5. The van der Waals surface area contributed by atoms with Gasteiger partial charge in [0, 0.05) is 16.7 Å². The van der Waals surface area contributed by atoms with Crippen molar-refractivity contribution in [1.29, 1.82) is 5.26 Å². The van der Waals surface area contributed by atoms with Crippen LogP contribution in [-0.4, -0.2) is 36.9 Å². The standard InChI is InChI=1S/C13H15IN2O4S/c1-3-16(8-9(2)7-15)21(19,20)10-4-5-12(14)11(6-10)13(17)18/h4-6,9H,3,8H2,1-2H3,(H,17,18). The lowest BCUT2D eigenvalue weighted by Crippen LogP contribution is -2.34. The second-order valence-corrected chi connectivity index (χ2v) is 7.53. The lowest BCUT2D eigenvalue weighted by atomic mass is 10.2. The Hall–Kier alpha value is -1.18. The number of rotatable bonds is 6. The Balaban J connectivity index is 3.27. The van der Waals surface area contributed by atoms with Crippen molar-refractivity contribution in [3.05, 3.63) is 27.3 Å². The van der Waals surface area contributed by atoms with Gasteiger partial charge in [-0.05, 0) is 47.7 Å². The number of sulfonamides is 1. The van der Waals surface area contributed by atoms with Gasteiger partial charge >= 0.3 is 5.97 Å². The van der Waals surface area contributed by atoms with E-state index in [1.165, 1.54) is 16.4 Å². The summed E-state index contributed by atoms with van der Waals surface area (Å²) >= 11 is 1.84. The zero-order valence-electron chi connectivity index (χ0n) is 11.6. The second kappa shape index (κ2) is 7.20. The zero-order chi connectivity index (χ0) is 16.2. The summed E-state index contributed by atoms with van der Waals surface area (Å²) in [6.07, 6.45) is 0. The Bertz CT molecular complexity index is 682. The topological polar surface area (TPSA) is 98.5 Å². The number of nitrogens with zero attached hydrogens (tertiary/aromatic N) is 2. The number of hydrogen-bond acceptors (Lipinski definition) is 4. The molecular weight excluding hydrogens is 407 g/mol. The number of hydrogen-bond donors (Lipinski definition) is 1. The van der Waals surface area contributed by atoms with Crippen LogP contribution in [0.1, 0.15) is 24.2 Å². The van der Waals surface area contributed by atoms with Gasteiger partial charge in [0.1, 0.15) is 0 Å². The predicted octanol–water partition coefficient (Wildman–Crippen LogP) is 2.16. The third kappa shape index (κ3) is 4.15. The lowest BCUT2D eigenvalue weighted by molar-refractivity contribution is 0.0695. The van der Waals surface area contributed by atoms with Gasteiger partial charge in [0.15, 0.2) is 0 Å². The van der Waals surface area contributed by atoms with Crippen molar-refractivity contribution >= 4 is 38.6 Å². The highest BCUT2D eigenvalue weighted by molar-refractivity contribution is 14.1. The summed E-state index contributed by atoms with van der Waals surface area (Å²) in [5, 5.41) is 17.9. The molecule has 8 heteroatoms. The number of carbonyl (C=O) groups is 1. The lowest BCUT2D eigenvalue weighted by Gasteiger charge is -2.21. The maximum absolute atomic E-state index is 12.5. The number of halogens is 1. The molecule has 0 saturated carbocycles. The first kappa shape index (κ1) is 17.9. The Morgan fingerprint density at radius 3 is 2.62 bits per heavy atom. The van der Waals surface area contributed by atoms with Crippen LogP contribution in [0.4, 0.5) is 0 Å². The van der Waals surface area contributed by atoms with Gasteiger partial charge < -0.3 is 5.11 Å². The van der Waals surface area contributed by atoms with Crippen LogP contribution in [0.15, 0.2) is 23.1 Å². The highest BCUT2D eigenvalue weighted by atomic mass is 127. The fourth-order valence-electron chi connectivity index (χ4n) is 1.72. The number of carboxylic acid groups (broad SMARTS) is 1. The van der Waals surface area contributed by atoms with E-state index in [0.29, 0.717) is 3.57 Å². The molecule has 0 aliphatic heterocycles. The minimum Gasteiger partial charge on any atom is -0.478 e. The third-order valence-electron chi connectivity index (χ3n) is 2.86. The van der Waals surface area contributed by atoms with E-state index in [9.17, 15) is 13.2 Å². The quantitative estimate of drug-likeness (QED) is 0.709. The van der Waals surface area contributed by atoms with E-state index in [-0.39, 0.29) is 23.5 Å². The van der Waals surface area contributed by atoms with Crippen molar-refractivity contribution < 1.29 is 18.3 Å². The summed E-state index contributed by atoms with van der Waals surface area (Å²) < 4.78 is 26.7. The fourth-order valence-corrected chi connectivity index (χ4v) is 3.85. The average Bonchev–Trinajstić information content (AvgIpc) is 2.43. The van der Waals surface area contributed by atoms with Crippen LogP contribution in [0.25, 0.3) is 0 Å². The molecule has 1 N–H and O–H groups in total.